The van der Waals surface area contributed by atoms with Crippen LogP contribution in [0.25, 0.3) is 10.2 Å². The average molecular weight is 350 g/mol. The van der Waals surface area contributed by atoms with Gasteiger partial charge in [-0.3, -0.25) is 4.79 Å². The second-order valence-electron chi connectivity index (χ2n) is 6.08. The predicted octanol–water partition coefficient (Wildman–Crippen LogP) is 4.19. The Morgan fingerprint density at radius 3 is 3.00 bits per heavy atom. The Morgan fingerprint density at radius 1 is 1.39 bits per heavy atom. The van der Waals surface area contributed by atoms with Gasteiger partial charge in [-0.25, -0.2) is 9.97 Å². The molecule has 1 saturated heterocycles. The van der Waals surface area contributed by atoms with Crippen LogP contribution in [-0.4, -0.2) is 39.1 Å². The number of hydrogen-bond acceptors (Lipinski definition) is 5. The quantitative estimate of drug-likeness (QED) is 0.613. The lowest BCUT2D eigenvalue weighted by molar-refractivity contribution is -0.132. The first-order valence-corrected chi connectivity index (χ1v) is 10.0. The van der Waals surface area contributed by atoms with E-state index in [1.54, 1.807) is 29.4 Å². The van der Waals surface area contributed by atoms with Gasteiger partial charge in [0.2, 0.25) is 5.91 Å². The second-order valence-corrected chi connectivity index (χ2v) is 8.24. The first-order valence-electron chi connectivity index (χ1n) is 8.24. The van der Waals surface area contributed by atoms with Gasteiger partial charge in [-0.05, 0) is 45.1 Å². The van der Waals surface area contributed by atoms with Gasteiger partial charge in [-0.2, -0.15) is 0 Å². The molecule has 1 aliphatic rings. The molecule has 0 radical (unpaired) electrons. The Hall–Kier alpha value is -1.14. The molecule has 1 fully saturated rings. The fourth-order valence-corrected chi connectivity index (χ4v) is 5.23. The monoisotopic (exact) mass is 349 g/mol. The van der Waals surface area contributed by atoms with Crippen LogP contribution in [0.4, 0.5) is 0 Å². The van der Waals surface area contributed by atoms with Gasteiger partial charge in [-0.15, -0.1) is 11.3 Å². The Kier molecular flexibility index (Phi) is 5.21. The minimum absolute atomic E-state index is 0.248. The summed E-state index contributed by atoms with van der Waals surface area (Å²) in [6, 6.07) is 0.424. The highest BCUT2D eigenvalue weighted by molar-refractivity contribution is 8.00. The van der Waals surface area contributed by atoms with Crippen molar-refractivity contribution in [3.63, 3.8) is 0 Å². The maximum Gasteiger partial charge on any atom is 0.233 e. The second kappa shape index (κ2) is 7.18. The highest BCUT2D eigenvalue weighted by Crippen LogP contribution is 2.34. The van der Waals surface area contributed by atoms with Gasteiger partial charge in [0, 0.05) is 22.8 Å². The van der Waals surface area contributed by atoms with Crippen molar-refractivity contribution >= 4 is 39.2 Å². The molecule has 0 unspecified atom stereocenters. The lowest BCUT2D eigenvalue weighted by atomic mass is 10.0. The number of amides is 1. The first-order chi connectivity index (χ1) is 11.1. The molecule has 23 heavy (non-hydrogen) atoms. The summed E-state index contributed by atoms with van der Waals surface area (Å²) in [4.78, 5) is 25.8. The normalized spacial score (nSPS) is 18.6. The molecule has 2 aromatic rings. The van der Waals surface area contributed by atoms with E-state index in [0.29, 0.717) is 11.8 Å². The summed E-state index contributed by atoms with van der Waals surface area (Å²) in [6.07, 6.45) is 6.19. The van der Waals surface area contributed by atoms with E-state index in [4.69, 9.17) is 0 Å². The molecule has 6 heteroatoms. The number of fused-ring (bicyclic) bond motifs is 1. The minimum Gasteiger partial charge on any atom is -0.339 e. The molecular weight excluding hydrogens is 326 g/mol. The topological polar surface area (TPSA) is 46.1 Å². The van der Waals surface area contributed by atoms with E-state index in [-0.39, 0.29) is 5.91 Å². The van der Waals surface area contributed by atoms with Crippen molar-refractivity contribution in [2.75, 3.05) is 12.3 Å². The summed E-state index contributed by atoms with van der Waals surface area (Å²) < 4.78 is 0. The Bertz CT molecular complexity index is 713. The minimum atomic E-state index is 0.248. The molecule has 0 bridgehead atoms. The van der Waals surface area contributed by atoms with E-state index in [1.165, 1.54) is 16.9 Å². The summed E-state index contributed by atoms with van der Waals surface area (Å²) in [5.74, 6) is 0.717. The van der Waals surface area contributed by atoms with Crippen molar-refractivity contribution in [1.82, 2.24) is 14.9 Å². The van der Waals surface area contributed by atoms with Gasteiger partial charge < -0.3 is 4.90 Å². The molecule has 0 N–H and O–H groups in total. The highest BCUT2D eigenvalue weighted by atomic mass is 32.2. The van der Waals surface area contributed by atoms with Crippen molar-refractivity contribution in [2.45, 2.75) is 57.5 Å². The number of rotatable bonds is 4. The molecule has 1 atom stereocenters. The molecule has 1 amide bonds. The fourth-order valence-electron chi connectivity index (χ4n) is 3.23. The molecule has 4 nitrogen and oxygen atoms in total. The molecule has 1 aliphatic heterocycles. The number of aryl methyl sites for hydroxylation is 2. The van der Waals surface area contributed by atoms with Gasteiger partial charge in [0.25, 0.3) is 0 Å². The molecule has 0 spiro atoms. The van der Waals surface area contributed by atoms with Crippen molar-refractivity contribution in [3.8, 4) is 0 Å². The van der Waals surface area contributed by atoms with Crippen LogP contribution < -0.4 is 0 Å². The van der Waals surface area contributed by atoms with Crippen LogP contribution in [0.1, 0.15) is 43.0 Å². The molecule has 124 valence electrons. The number of thiophene rings is 1. The van der Waals surface area contributed by atoms with Crippen LogP contribution in [0.15, 0.2) is 11.4 Å². The van der Waals surface area contributed by atoms with Crippen molar-refractivity contribution < 1.29 is 4.79 Å². The SMILES string of the molecule is CC[C@@H]1CCCCN1C(=O)CSc1ncnc2sc(C)c(C)c12. The van der Waals surface area contributed by atoms with Crippen LogP contribution in [0.2, 0.25) is 0 Å². The van der Waals surface area contributed by atoms with Gasteiger partial charge in [0.05, 0.1) is 5.75 Å². The van der Waals surface area contributed by atoms with Gasteiger partial charge >= 0.3 is 0 Å². The maximum absolute atomic E-state index is 12.6. The Morgan fingerprint density at radius 2 is 2.22 bits per heavy atom. The van der Waals surface area contributed by atoms with E-state index >= 15 is 0 Å². The summed E-state index contributed by atoms with van der Waals surface area (Å²) >= 11 is 3.26. The van der Waals surface area contributed by atoms with Crippen LogP contribution in [0, 0.1) is 13.8 Å². The standard InChI is InChI=1S/C17H23N3OS2/c1-4-13-7-5-6-8-20(13)14(21)9-22-16-15-11(2)12(3)23-17(15)19-10-18-16/h10,13H,4-9H2,1-3H3/t13-/m1/s1. The lowest BCUT2D eigenvalue weighted by Crippen LogP contribution is -2.44. The summed E-state index contributed by atoms with van der Waals surface area (Å²) in [5.41, 5.74) is 1.24. The fraction of sp³-hybridized carbons (Fsp3) is 0.588. The van der Waals surface area contributed by atoms with Gasteiger partial charge in [0.1, 0.15) is 16.2 Å². The molecule has 2 aromatic heterocycles. The third-order valence-electron chi connectivity index (χ3n) is 4.68. The molecule has 0 aromatic carbocycles. The number of thioether (sulfide) groups is 1. The van der Waals surface area contributed by atoms with Crippen LogP contribution in [-0.2, 0) is 4.79 Å². The number of aromatic nitrogens is 2. The van der Waals surface area contributed by atoms with Crippen molar-refractivity contribution in [2.24, 2.45) is 0 Å². The number of hydrogen-bond donors (Lipinski definition) is 0. The Balaban J connectivity index is 1.74. The molecular formula is C17H23N3OS2. The summed E-state index contributed by atoms with van der Waals surface area (Å²) in [5, 5.41) is 2.06. The lowest BCUT2D eigenvalue weighted by Gasteiger charge is -2.35. The van der Waals surface area contributed by atoms with E-state index < -0.39 is 0 Å². The third kappa shape index (κ3) is 3.38. The summed E-state index contributed by atoms with van der Waals surface area (Å²) in [6.45, 7) is 7.31. The molecule has 0 aliphatic carbocycles. The zero-order valence-electron chi connectivity index (χ0n) is 14.0. The van der Waals surface area contributed by atoms with Gasteiger partial charge in [-0.1, -0.05) is 18.7 Å². The number of carbonyl (C=O) groups is 1. The van der Waals surface area contributed by atoms with E-state index in [0.717, 1.165) is 41.0 Å². The van der Waals surface area contributed by atoms with Crippen LogP contribution >= 0.6 is 23.1 Å². The van der Waals surface area contributed by atoms with E-state index in [9.17, 15) is 4.79 Å². The first kappa shape index (κ1) is 16.7. The zero-order chi connectivity index (χ0) is 16.4. The van der Waals surface area contributed by atoms with Crippen LogP contribution in [0.3, 0.4) is 0 Å². The number of nitrogens with zero attached hydrogens (tertiary/aromatic N) is 3. The van der Waals surface area contributed by atoms with E-state index in [1.807, 2.05) is 0 Å². The third-order valence-corrected chi connectivity index (χ3v) is 6.77. The summed E-state index contributed by atoms with van der Waals surface area (Å²) in [7, 11) is 0. The van der Waals surface area contributed by atoms with Gasteiger partial charge in [0.15, 0.2) is 0 Å². The smallest absolute Gasteiger partial charge is 0.233 e. The molecule has 3 heterocycles. The zero-order valence-corrected chi connectivity index (χ0v) is 15.6. The van der Waals surface area contributed by atoms with Crippen molar-refractivity contribution in [1.29, 1.82) is 0 Å². The maximum atomic E-state index is 12.6. The highest BCUT2D eigenvalue weighted by Gasteiger charge is 2.25. The van der Waals surface area contributed by atoms with Crippen LogP contribution in [0.5, 0.6) is 0 Å². The Labute approximate surface area is 145 Å². The van der Waals surface area contributed by atoms with Crippen molar-refractivity contribution in [3.05, 3.63) is 16.8 Å². The number of carbonyl (C=O) groups excluding carboxylic acids is 1. The largest absolute Gasteiger partial charge is 0.339 e. The molecule has 0 saturated carbocycles. The molecule has 3 rings (SSSR count). The number of piperidine rings is 1. The number of likely N-dealkylation sites (tertiary alicyclic amines) is 1. The average Bonchev–Trinajstić information content (AvgIpc) is 2.87. The van der Waals surface area contributed by atoms with E-state index in [2.05, 4.69) is 35.6 Å². The predicted molar refractivity (Wildman–Crippen MR) is 97.3 cm³/mol.